The van der Waals surface area contributed by atoms with Crippen molar-refractivity contribution in [2.75, 3.05) is 0 Å². The zero-order chi connectivity index (χ0) is 17.1. The van der Waals surface area contributed by atoms with Gasteiger partial charge in [0, 0.05) is 30.4 Å². The largest absolute Gasteiger partial charge is 0.506 e. The Labute approximate surface area is 136 Å². The maximum atomic E-state index is 12.4. The molecule has 2 aromatic heterocycles. The molecular formula is C17H14N4O3. The number of hydrazone groups is 1. The maximum Gasteiger partial charge on any atom is 0.280 e. The van der Waals surface area contributed by atoms with E-state index >= 15 is 0 Å². The van der Waals surface area contributed by atoms with Gasteiger partial charge in [-0.25, -0.2) is 5.43 Å². The molecular weight excluding hydrogens is 308 g/mol. The Morgan fingerprint density at radius 1 is 1.29 bits per heavy atom. The van der Waals surface area contributed by atoms with Crippen LogP contribution in [0.15, 0.2) is 58.7 Å². The lowest BCUT2D eigenvalue weighted by atomic mass is 10.1. The summed E-state index contributed by atoms with van der Waals surface area (Å²) in [4.78, 5) is 28.5. The van der Waals surface area contributed by atoms with Gasteiger partial charge in [-0.1, -0.05) is 18.2 Å². The maximum absolute atomic E-state index is 12.4. The average Bonchev–Trinajstić information content (AvgIpc) is 2.61. The Hall–Kier alpha value is -3.48. The third kappa shape index (κ3) is 2.74. The monoisotopic (exact) mass is 322 g/mol. The van der Waals surface area contributed by atoms with E-state index < -0.39 is 11.5 Å². The Morgan fingerprint density at radius 2 is 2.08 bits per heavy atom. The third-order valence-electron chi connectivity index (χ3n) is 3.57. The predicted molar refractivity (Wildman–Crippen MR) is 90.2 cm³/mol. The van der Waals surface area contributed by atoms with E-state index in [1.165, 1.54) is 10.8 Å². The zero-order valence-corrected chi connectivity index (χ0v) is 12.8. The van der Waals surface area contributed by atoms with Crippen molar-refractivity contribution in [3.63, 3.8) is 0 Å². The topological polar surface area (TPSA) is 96.6 Å². The van der Waals surface area contributed by atoms with Crippen molar-refractivity contribution < 1.29 is 9.90 Å². The molecule has 3 aromatic rings. The fourth-order valence-electron chi connectivity index (χ4n) is 2.36. The van der Waals surface area contributed by atoms with Gasteiger partial charge >= 0.3 is 0 Å². The van der Waals surface area contributed by atoms with Crippen molar-refractivity contribution in [3.05, 3.63) is 70.3 Å². The number of carbonyl (C=O) groups excluding carboxylic acids is 1. The summed E-state index contributed by atoms with van der Waals surface area (Å²) < 4.78 is 1.31. The Balaban J connectivity index is 1.96. The van der Waals surface area contributed by atoms with Crippen LogP contribution in [0.1, 0.15) is 15.9 Å². The molecule has 2 heterocycles. The first kappa shape index (κ1) is 15.4. The first-order valence-corrected chi connectivity index (χ1v) is 7.13. The van der Waals surface area contributed by atoms with E-state index in [9.17, 15) is 14.7 Å². The predicted octanol–water partition coefficient (Wildman–Crippen LogP) is 1.40. The molecule has 120 valence electrons. The molecule has 7 heteroatoms. The summed E-state index contributed by atoms with van der Waals surface area (Å²) in [5, 5.41) is 14.5. The minimum atomic E-state index is -0.779. The van der Waals surface area contributed by atoms with Crippen LogP contribution >= 0.6 is 0 Å². The van der Waals surface area contributed by atoms with E-state index in [0.717, 1.165) is 0 Å². The normalized spacial score (nSPS) is 11.0. The Kier molecular flexibility index (Phi) is 4.07. The Morgan fingerprint density at radius 3 is 2.83 bits per heavy atom. The number of nitrogens with one attached hydrogen (secondary N) is 1. The number of pyridine rings is 2. The molecule has 0 saturated heterocycles. The highest BCUT2D eigenvalue weighted by molar-refractivity contribution is 6.02. The van der Waals surface area contributed by atoms with Crippen LogP contribution in [0.4, 0.5) is 0 Å². The summed E-state index contributed by atoms with van der Waals surface area (Å²) in [5.74, 6) is -1.14. The molecule has 24 heavy (non-hydrogen) atoms. The van der Waals surface area contributed by atoms with Gasteiger partial charge in [0.15, 0.2) is 0 Å². The molecule has 0 unspecified atom stereocenters. The lowest BCUT2D eigenvalue weighted by Crippen LogP contribution is -2.30. The molecule has 0 aliphatic carbocycles. The zero-order valence-electron chi connectivity index (χ0n) is 12.8. The first-order chi connectivity index (χ1) is 11.6. The molecule has 1 amide bonds. The summed E-state index contributed by atoms with van der Waals surface area (Å²) in [5.41, 5.74) is 2.53. The molecule has 1 aromatic carbocycles. The number of hydrogen-bond donors (Lipinski definition) is 2. The van der Waals surface area contributed by atoms with Crippen LogP contribution in [-0.4, -0.2) is 26.8 Å². The highest BCUT2D eigenvalue weighted by Gasteiger charge is 2.20. The number of aromatic hydroxyl groups is 1. The van der Waals surface area contributed by atoms with Gasteiger partial charge in [0.2, 0.25) is 0 Å². The molecule has 0 bridgehead atoms. The van der Waals surface area contributed by atoms with Gasteiger partial charge in [0.25, 0.3) is 11.5 Å². The van der Waals surface area contributed by atoms with Gasteiger partial charge in [-0.2, -0.15) is 5.10 Å². The summed E-state index contributed by atoms with van der Waals surface area (Å²) in [6.07, 6.45) is 4.59. The van der Waals surface area contributed by atoms with Crippen LogP contribution in [0, 0.1) is 0 Å². The van der Waals surface area contributed by atoms with Gasteiger partial charge in [-0.3, -0.25) is 14.6 Å². The minimum Gasteiger partial charge on any atom is -0.506 e. The SMILES string of the molecule is Cn1c(=O)c(C(=O)NN=Cc2cccnc2)c(O)c2ccccc21. The van der Waals surface area contributed by atoms with E-state index in [-0.39, 0.29) is 11.3 Å². The number of nitrogens with zero attached hydrogens (tertiary/aromatic N) is 3. The molecule has 7 nitrogen and oxygen atoms in total. The number of benzene rings is 1. The fraction of sp³-hybridized carbons (Fsp3) is 0.0588. The van der Waals surface area contributed by atoms with Crippen molar-refractivity contribution >= 4 is 23.0 Å². The van der Waals surface area contributed by atoms with Crippen LogP contribution in [0.5, 0.6) is 5.75 Å². The van der Waals surface area contributed by atoms with E-state index in [0.29, 0.717) is 16.5 Å². The number of para-hydroxylation sites is 1. The van der Waals surface area contributed by atoms with Gasteiger partial charge in [-0.05, 0) is 18.2 Å². The smallest absolute Gasteiger partial charge is 0.280 e. The lowest BCUT2D eigenvalue weighted by Gasteiger charge is -2.10. The molecule has 0 aliphatic heterocycles. The van der Waals surface area contributed by atoms with Crippen molar-refractivity contribution in [2.45, 2.75) is 0 Å². The second-order valence-corrected chi connectivity index (χ2v) is 5.09. The number of aryl methyl sites for hydroxylation is 1. The van der Waals surface area contributed by atoms with Crippen LogP contribution in [0.2, 0.25) is 0 Å². The van der Waals surface area contributed by atoms with Gasteiger partial charge < -0.3 is 9.67 Å². The highest BCUT2D eigenvalue weighted by Crippen LogP contribution is 2.25. The van der Waals surface area contributed by atoms with Crippen molar-refractivity contribution in [2.24, 2.45) is 12.1 Å². The second-order valence-electron chi connectivity index (χ2n) is 5.09. The first-order valence-electron chi connectivity index (χ1n) is 7.13. The van der Waals surface area contributed by atoms with E-state index in [2.05, 4.69) is 15.5 Å². The quantitative estimate of drug-likeness (QED) is 0.563. The Bertz CT molecular complexity index is 994. The number of rotatable bonds is 3. The van der Waals surface area contributed by atoms with Gasteiger partial charge in [0.1, 0.15) is 11.3 Å². The molecule has 3 rings (SSSR count). The lowest BCUT2D eigenvalue weighted by molar-refractivity contribution is 0.0950. The van der Waals surface area contributed by atoms with Gasteiger partial charge in [0.05, 0.1) is 11.7 Å². The number of amides is 1. The minimum absolute atomic E-state index is 0.348. The van der Waals surface area contributed by atoms with Crippen LogP contribution in [-0.2, 0) is 7.05 Å². The fourth-order valence-corrected chi connectivity index (χ4v) is 2.36. The van der Waals surface area contributed by atoms with Crippen LogP contribution in [0.3, 0.4) is 0 Å². The van der Waals surface area contributed by atoms with Gasteiger partial charge in [-0.15, -0.1) is 0 Å². The standard InChI is InChI=1S/C17H14N4O3/c1-21-13-7-3-2-6-12(13)15(22)14(17(21)24)16(23)20-19-10-11-5-4-8-18-9-11/h2-10,22H,1H3,(H,20,23). The van der Waals surface area contributed by atoms with E-state index in [1.807, 2.05) is 0 Å². The number of hydrogen-bond acceptors (Lipinski definition) is 5. The molecule has 2 N–H and O–H groups in total. The van der Waals surface area contributed by atoms with Crippen molar-refractivity contribution in [1.82, 2.24) is 15.0 Å². The number of aromatic nitrogens is 2. The number of fused-ring (bicyclic) bond motifs is 1. The molecule has 0 spiro atoms. The highest BCUT2D eigenvalue weighted by atomic mass is 16.3. The van der Waals surface area contributed by atoms with E-state index in [1.54, 1.807) is 55.8 Å². The van der Waals surface area contributed by atoms with Crippen LogP contribution in [0.25, 0.3) is 10.9 Å². The van der Waals surface area contributed by atoms with Crippen LogP contribution < -0.4 is 11.0 Å². The molecule has 0 saturated carbocycles. The van der Waals surface area contributed by atoms with Crippen molar-refractivity contribution in [3.8, 4) is 5.75 Å². The molecule has 0 aliphatic rings. The summed E-state index contributed by atoms with van der Waals surface area (Å²) >= 11 is 0. The second kappa shape index (κ2) is 6.33. The summed E-state index contributed by atoms with van der Waals surface area (Å²) in [6, 6.07) is 10.3. The third-order valence-corrected chi connectivity index (χ3v) is 3.57. The summed E-state index contributed by atoms with van der Waals surface area (Å²) in [7, 11) is 1.54. The van der Waals surface area contributed by atoms with E-state index in [4.69, 9.17) is 0 Å². The molecule has 0 atom stereocenters. The molecule has 0 radical (unpaired) electrons. The summed E-state index contributed by atoms with van der Waals surface area (Å²) in [6.45, 7) is 0. The van der Waals surface area contributed by atoms with Crippen molar-refractivity contribution in [1.29, 1.82) is 0 Å². The average molecular weight is 322 g/mol. The number of carbonyl (C=O) groups is 1. The molecule has 0 fully saturated rings.